The third kappa shape index (κ3) is 4.56. The fourth-order valence-electron chi connectivity index (χ4n) is 3.46. The molecule has 146 valence electrons. The lowest BCUT2D eigenvalue weighted by Crippen LogP contribution is -2.37. The minimum Gasteiger partial charge on any atom is -0.330 e. The Morgan fingerprint density at radius 1 is 1.30 bits per heavy atom. The quantitative estimate of drug-likeness (QED) is 0.855. The summed E-state index contributed by atoms with van der Waals surface area (Å²) in [5, 5.41) is 0. The fraction of sp³-hybridized carbons (Fsp3) is 0.474. The van der Waals surface area contributed by atoms with E-state index in [1.807, 2.05) is 12.1 Å². The van der Waals surface area contributed by atoms with Gasteiger partial charge in [-0.3, -0.25) is 9.69 Å². The molecule has 1 aromatic carbocycles. The summed E-state index contributed by atoms with van der Waals surface area (Å²) in [6, 6.07) is 7.09. The number of nitrogens with one attached hydrogen (secondary N) is 1. The SMILES string of the molecule is Cc1c(C(F)(F)F)nc(-c2ccc(CN3CCCC(CN)C3)cc2)[nH]c1=O. The second-order valence-corrected chi connectivity index (χ2v) is 7.06. The number of nitrogens with two attached hydrogens (primary N) is 1. The van der Waals surface area contributed by atoms with Gasteiger partial charge in [0.25, 0.3) is 5.56 Å². The summed E-state index contributed by atoms with van der Waals surface area (Å²) in [5.74, 6) is 0.436. The molecule has 0 bridgehead atoms. The van der Waals surface area contributed by atoms with Crippen LogP contribution in [0.5, 0.6) is 0 Å². The van der Waals surface area contributed by atoms with Crippen LogP contribution in [0.15, 0.2) is 29.1 Å². The van der Waals surface area contributed by atoms with E-state index in [9.17, 15) is 18.0 Å². The van der Waals surface area contributed by atoms with E-state index in [1.54, 1.807) is 12.1 Å². The van der Waals surface area contributed by atoms with Gasteiger partial charge < -0.3 is 10.7 Å². The van der Waals surface area contributed by atoms with Crippen LogP contribution in [0, 0.1) is 12.8 Å². The van der Waals surface area contributed by atoms with Crippen molar-refractivity contribution in [3.05, 3.63) is 51.4 Å². The highest BCUT2D eigenvalue weighted by atomic mass is 19.4. The van der Waals surface area contributed by atoms with E-state index in [4.69, 9.17) is 5.73 Å². The average Bonchev–Trinajstić information content (AvgIpc) is 2.63. The molecule has 0 radical (unpaired) electrons. The molecule has 1 saturated heterocycles. The lowest BCUT2D eigenvalue weighted by atomic mass is 9.98. The van der Waals surface area contributed by atoms with Gasteiger partial charge in [-0.25, -0.2) is 4.98 Å². The number of aromatic nitrogens is 2. The second kappa shape index (κ2) is 7.82. The van der Waals surface area contributed by atoms with Crippen LogP contribution in [0.2, 0.25) is 0 Å². The van der Waals surface area contributed by atoms with Crippen molar-refractivity contribution in [3.63, 3.8) is 0 Å². The summed E-state index contributed by atoms with van der Waals surface area (Å²) in [7, 11) is 0. The normalized spacial score (nSPS) is 18.6. The Balaban J connectivity index is 1.80. The Hall–Kier alpha value is -2.19. The van der Waals surface area contributed by atoms with Gasteiger partial charge >= 0.3 is 6.18 Å². The van der Waals surface area contributed by atoms with Crippen LogP contribution in [0.4, 0.5) is 13.2 Å². The molecule has 2 aromatic rings. The molecular weight excluding hydrogens is 357 g/mol. The zero-order valence-electron chi connectivity index (χ0n) is 15.1. The first-order valence-corrected chi connectivity index (χ1v) is 8.97. The molecule has 2 heterocycles. The molecule has 3 rings (SSSR count). The van der Waals surface area contributed by atoms with Crippen molar-refractivity contribution in [1.29, 1.82) is 0 Å². The molecule has 0 aliphatic carbocycles. The first-order valence-electron chi connectivity index (χ1n) is 8.97. The van der Waals surface area contributed by atoms with Gasteiger partial charge in [0.15, 0.2) is 5.69 Å². The molecule has 1 unspecified atom stereocenters. The number of alkyl halides is 3. The number of hydrogen-bond donors (Lipinski definition) is 2. The van der Waals surface area contributed by atoms with E-state index < -0.39 is 23.0 Å². The number of benzene rings is 1. The van der Waals surface area contributed by atoms with E-state index in [0.29, 0.717) is 18.0 Å². The number of halogens is 3. The van der Waals surface area contributed by atoms with Crippen LogP contribution in [-0.4, -0.2) is 34.5 Å². The van der Waals surface area contributed by atoms with Gasteiger partial charge in [0.05, 0.1) is 0 Å². The number of piperidine rings is 1. The molecule has 1 aliphatic heterocycles. The fourth-order valence-corrected chi connectivity index (χ4v) is 3.46. The topological polar surface area (TPSA) is 75.0 Å². The lowest BCUT2D eigenvalue weighted by Gasteiger charge is -2.32. The molecule has 1 atom stereocenters. The largest absolute Gasteiger partial charge is 0.433 e. The molecule has 1 fully saturated rings. The van der Waals surface area contributed by atoms with Gasteiger partial charge in [0.1, 0.15) is 5.82 Å². The Bertz CT molecular complexity index is 846. The zero-order valence-corrected chi connectivity index (χ0v) is 15.1. The highest BCUT2D eigenvalue weighted by molar-refractivity contribution is 5.55. The van der Waals surface area contributed by atoms with E-state index >= 15 is 0 Å². The van der Waals surface area contributed by atoms with Gasteiger partial charge in [0.2, 0.25) is 0 Å². The van der Waals surface area contributed by atoms with E-state index in [1.165, 1.54) is 0 Å². The minimum atomic E-state index is -4.67. The molecule has 0 saturated carbocycles. The lowest BCUT2D eigenvalue weighted by molar-refractivity contribution is -0.141. The second-order valence-electron chi connectivity index (χ2n) is 7.06. The van der Waals surface area contributed by atoms with Crippen molar-refractivity contribution in [3.8, 4) is 11.4 Å². The third-order valence-corrected chi connectivity index (χ3v) is 4.99. The van der Waals surface area contributed by atoms with Crippen LogP contribution in [0.1, 0.15) is 29.7 Å². The summed E-state index contributed by atoms with van der Waals surface area (Å²) >= 11 is 0. The van der Waals surface area contributed by atoms with E-state index in [-0.39, 0.29) is 5.82 Å². The Labute approximate surface area is 155 Å². The van der Waals surface area contributed by atoms with Crippen LogP contribution < -0.4 is 11.3 Å². The van der Waals surface area contributed by atoms with Gasteiger partial charge in [0, 0.05) is 24.2 Å². The van der Waals surface area contributed by atoms with E-state index in [0.717, 1.165) is 45.0 Å². The van der Waals surface area contributed by atoms with E-state index in [2.05, 4.69) is 14.9 Å². The molecule has 3 N–H and O–H groups in total. The molecule has 0 amide bonds. The highest BCUT2D eigenvalue weighted by Crippen LogP contribution is 2.30. The predicted octanol–water partition coefficient (Wildman–Crippen LogP) is 2.93. The van der Waals surface area contributed by atoms with Crippen molar-refractivity contribution in [2.75, 3.05) is 19.6 Å². The van der Waals surface area contributed by atoms with Gasteiger partial charge in [-0.2, -0.15) is 13.2 Å². The van der Waals surface area contributed by atoms with Crippen molar-refractivity contribution in [2.24, 2.45) is 11.7 Å². The molecule has 0 spiro atoms. The average molecular weight is 380 g/mol. The van der Waals surface area contributed by atoms with Gasteiger partial charge in [-0.05, 0) is 44.3 Å². The van der Waals surface area contributed by atoms with Crippen molar-refractivity contribution in [2.45, 2.75) is 32.5 Å². The first kappa shape index (κ1) is 19.6. The molecule has 1 aromatic heterocycles. The Kier molecular flexibility index (Phi) is 5.67. The summed E-state index contributed by atoms with van der Waals surface area (Å²) < 4.78 is 39.2. The molecule has 1 aliphatic rings. The number of hydrogen-bond acceptors (Lipinski definition) is 4. The maximum atomic E-state index is 13.1. The first-order chi connectivity index (χ1) is 12.8. The number of nitrogens with zero attached hydrogens (tertiary/aromatic N) is 2. The molecule has 27 heavy (non-hydrogen) atoms. The number of H-pyrrole nitrogens is 1. The van der Waals surface area contributed by atoms with Crippen molar-refractivity contribution in [1.82, 2.24) is 14.9 Å². The van der Waals surface area contributed by atoms with Crippen LogP contribution in [0.3, 0.4) is 0 Å². The Morgan fingerprint density at radius 2 is 2.00 bits per heavy atom. The molecular formula is C19H23F3N4O. The summed E-state index contributed by atoms with van der Waals surface area (Å²) in [4.78, 5) is 20.3. The smallest absolute Gasteiger partial charge is 0.330 e. The van der Waals surface area contributed by atoms with Crippen molar-refractivity contribution >= 4 is 0 Å². The standard InChI is InChI=1S/C19H23F3N4O/c1-12-16(19(20,21)22)24-17(25-18(12)27)15-6-4-13(5-7-15)10-26-8-2-3-14(9-23)11-26/h4-7,14H,2-3,8-11,23H2,1H3,(H,24,25,27). The van der Waals surface area contributed by atoms with Crippen LogP contribution in [0.25, 0.3) is 11.4 Å². The zero-order chi connectivity index (χ0) is 19.6. The summed E-state index contributed by atoms with van der Waals surface area (Å²) in [6.45, 7) is 4.54. The predicted molar refractivity (Wildman–Crippen MR) is 97.1 cm³/mol. The van der Waals surface area contributed by atoms with Crippen molar-refractivity contribution < 1.29 is 13.2 Å². The summed E-state index contributed by atoms with van der Waals surface area (Å²) in [5.41, 5.74) is 4.91. The monoisotopic (exact) mass is 380 g/mol. The van der Waals surface area contributed by atoms with Crippen LogP contribution >= 0.6 is 0 Å². The number of aromatic amines is 1. The molecule has 5 nitrogen and oxygen atoms in total. The van der Waals surface area contributed by atoms with Gasteiger partial charge in [-0.15, -0.1) is 0 Å². The van der Waals surface area contributed by atoms with Gasteiger partial charge in [-0.1, -0.05) is 24.3 Å². The highest BCUT2D eigenvalue weighted by Gasteiger charge is 2.36. The number of rotatable bonds is 4. The number of likely N-dealkylation sites (tertiary alicyclic amines) is 1. The van der Waals surface area contributed by atoms with Crippen LogP contribution in [-0.2, 0) is 12.7 Å². The maximum Gasteiger partial charge on any atom is 0.433 e. The maximum absolute atomic E-state index is 13.1. The Morgan fingerprint density at radius 3 is 2.63 bits per heavy atom. The minimum absolute atomic E-state index is 0.0781. The molecule has 8 heteroatoms. The summed E-state index contributed by atoms with van der Waals surface area (Å²) in [6.07, 6.45) is -2.39. The third-order valence-electron chi connectivity index (χ3n) is 4.99.